The molecule has 0 aromatic heterocycles. The third-order valence-corrected chi connectivity index (χ3v) is 5.88. The first kappa shape index (κ1) is 19.6. The quantitative estimate of drug-likeness (QED) is 0.776. The van der Waals surface area contributed by atoms with Gasteiger partial charge in [-0.1, -0.05) is 18.2 Å². The normalized spacial score (nSPS) is 17.5. The molecule has 2 aromatic carbocycles. The van der Waals surface area contributed by atoms with Crippen molar-refractivity contribution in [2.75, 3.05) is 40.5 Å². The van der Waals surface area contributed by atoms with Gasteiger partial charge in [0.1, 0.15) is 5.75 Å². The molecule has 0 bridgehead atoms. The Kier molecular flexibility index (Phi) is 5.62. The molecular weight excluding hydrogens is 370 g/mol. The van der Waals surface area contributed by atoms with E-state index in [1.165, 1.54) is 5.56 Å². The van der Waals surface area contributed by atoms with Crippen LogP contribution < -0.4 is 14.2 Å². The van der Waals surface area contributed by atoms with Crippen LogP contribution in [0.3, 0.4) is 0 Å². The van der Waals surface area contributed by atoms with E-state index in [9.17, 15) is 4.79 Å². The predicted octanol–water partition coefficient (Wildman–Crippen LogP) is 3.17. The van der Waals surface area contributed by atoms with E-state index in [2.05, 4.69) is 6.07 Å². The Hall–Kier alpha value is -2.73. The third-order valence-electron chi connectivity index (χ3n) is 5.88. The van der Waals surface area contributed by atoms with Crippen molar-refractivity contribution in [1.29, 1.82) is 0 Å². The summed E-state index contributed by atoms with van der Waals surface area (Å²) < 4.78 is 22.9. The molecule has 154 valence electrons. The SMILES string of the molecule is COc1cc2c(cc1OC)C1(CCN(C(=O)COc3ccccc3)CC1)OCC2. The van der Waals surface area contributed by atoms with Crippen LogP contribution in [0, 0.1) is 0 Å². The Balaban J connectivity index is 1.44. The van der Waals surface area contributed by atoms with Gasteiger partial charge in [-0.15, -0.1) is 0 Å². The van der Waals surface area contributed by atoms with Gasteiger partial charge < -0.3 is 23.8 Å². The van der Waals surface area contributed by atoms with Gasteiger partial charge >= 0.3 is 0 Å². The van der Waals surface area contributed by atoms with E-state index >= 15 is 0 Å². The van der Waals surface area contributed by atoms with Crippen LogP contribution >= 0.6 is 0 Å². The van der Waals surface area contributed by atoms with Crippen molar-refractivity contribution >= 4 is 5.91 Å². The van der Waals surface area contributed by atoms with Crippen molar-refractivity contribution < 1.29 is 23.7 Å². The zero-order valence-electron chi connectivity index (χ0n) is 17.0. The molecular formula is C23H27NO5. The van der Waals surface area contributed by atoms with Crippen molar-refractivity contribution in [3.63, 3.8) is 0 Å². The molecule has 2 aromatic rings. The maximum absolute atomic E-state index is 12.6. The number of rotatable bonds is 5. The molecule has 0 unspecified atom stereocenters. The Morgan fingerprint density at radius 1 is 1.07 bits per heavy atom. The lowest BCUT2D eigenvalue weighted by Crippen LogP contribution is -2.49. The number of likely N-dealkylation sites (tertiary alicyclic amines) is 1. The predicted molar refractivity (Wildman–Crippen MR) is 109 cm³/mol. The van der Waals surface area contributed by atoms with Crippen LogP contribution in [0.1, 0.15) is 24.0 Å². The molecule has 6 nitrogen and oxygen atoms in total. The number of amides is 1. The van der Waals surface area contributed by atoms with Crippen molar-refractivity contribution in [3.05, 3.63) is 53.6 Å². The van der Waals surface area contributed by atoms with Crippen LogP contribution in [0.4, 0.5) is 0 Å². The Labute approximate surface area is 171 Å². The van der Waals surface area contributed by atoms with Crippen LogP contribution in [0.5, 0.6) is 17.2 Å². The minimum Gasteiger partial charge on any atom is -0.493 e. The highest BCUT2D eigenvalue weighted by molar-refractivity contribution is 5.78. The average molecular weight is 397 g/mol. The van der Waals surface area contributed by atoms with Gasteiger partial charge in [-0.3, -0.25) is 4.79 Å². The summed E-state index contributed by atoms with van der Waals surface area (Å²) in [6.45, 7) is 2.02. The summed E-state index contributed by atoms with van der Waals surface area (Å²) in [6, 6.07) is 13.5. The molecule has 0 N–H and O–H groups in total. The first-order valence-electron chi connectivity index (χ1n) is 10.0. The fourth-order valence-electron chi connectivity index (χ4n) is 4.27. The fourth-order valence-corrected chi connectivity index (χ4v) is 4.27. The molecule has 2 aliphatic heterocycles. The number of nitrogens with zero attached hydrogens (tertiary/aromatic N) is 1. The highest BCUT2D eigenvalue weighted by Gasteiger charge is 2.42. The zero-order valence-corrected chi connectivity index (χ0v) is 17.0. The second-order valence-electron chi connectivity index (χ2n) is 7.44. The van der Waals surface area contributed by atoms with Gasteiger partial charge in [-0.25, -0.2) is 0 Å². The largest absolute Gasteiger partial charge is 0.493 e. The van der Waals surface area contributed by atoms with Gasteiger partial charge in [0.15, 0.2) is 18.1 Å². The standard InChI is InChI=1S/C23H27NO5/c1-26-20-14-17-8-13-29-23(19(17)15-21(20)27-2)9-11-24(12-10-23)22(25)16-28-18-6-4-3-5-7-18/h3-7,14-15H,8-13,16H2,1-2H3. The lowest BCUT2D eigenvalue weighted by molar-refractivity contribution is -0.142. The summed E-state index contributed by atoms with van der Waals surface area (Å²) in [5, 5.41) is 0. The summed E-state index contributed by atoms with van der Waals surface area (Å²) in [7, 11) is 3.30. The number of para-hydroxylation sites is 1. The fraction of sp³-hybridized carbons (Fsp3) is 0.435. The van der Waals surface area contributed by atoms with Crippen LogP contribution in [0.2, 0.25) is 0 Å². The van der Waals surface area contributed by atoms with Gasteiger partial charge in [0.2, 0.25) is 0 Å². The van der Waals surface area contributed by atoms with Crippen LogP contribution in [0.25, 0.3) is 0 Å². The number of hydrogen-bond donors (Lipinski definition) is 0. The molecule has 1 amide bonds. The number of hydrogen-bond acceptors (Lipinski definition) is 5. The average Bonchev–Trinajstić information content (AvgIpc) is 2.78. The minimum absolute atomic E-state index is 0.00653. The summed E-state index contributed by atoms with van der Waals surface area (Å²) in [6.07, 6.45) is 2.37. The lowest BCUT2D eigenvalue weighted by Gasteiger charge is -2.45. The number of fused-ring (bicyclic) bond motifs is 2. The van der Waals surface area contributed by atoms with Gasteiger partial charge in [-0.2, -0.15) is 0 Å². The summed E-state index contributed by atoms with van der Waals surface area (Å²) in [5.74, 6) is 2.17. The minimum atomic E-state index is -0.371. The van der Waals surface area contributed by atoms with Gasteiger partial charge in [0.05, 0.1) is 26.4 Å². The van der Waals surface area contributed by atoms with E-state index in [1.54, 1.807) is 14.2 Å². The molecule has 2 heterocycles. The highest BCUT2D eigenvalue weighted by atomic mass is 16.5. The van der Waals surface area contributed by atoms with E-state index in [1.807, 2.05) is 41.3 Å². The molecule has 0 radical (unpaired) electrons. The number of ether oxygens (including phenoxy) is 4. The first-order valence-corrected chi connectivity index (χ1v) is 10.0. The van der Waals surface area contributed by atoms with Gasteiger partial charge in [0.25, 0.3) is 5.91 Å². The Morgan fingerprint density at radius 3 is 2.45 bits per heavy atom. The molecule has 1 saturated heterocycles. The van der Waals surface area contributed by atoms with Gasteiger partial charge in [-0.05, 0) is 54.7 Å². The summed E-state index contributed by atoms with van der Waals surface area (Å²) in [5.41, 5.74) is 2.03. The third kappa shape index (κ3) is 3.90. The topological polar surface area (TPSA) is 57.2 Å². The number of carbonyl (C=O) groups excluding carboxylic acids is 1. The maximum atomic E-state index is 12.6. The summed E-state index contributed by atoms with van der Waals surface area (Å²) in [4.78, 5) is 14.5. The Morgan fingerprint density at radius 2 is 1.76 bits per heavy atom. The molecule has 0 saturated carbocycles. The van der Waals surface area contributed by atoms with Crippen molar-refractivity contribution in [2.24, 2.45) is 0 Å². The van der Waals surface area contributed by atoms with Crippen molar-refractivity contribution in [1.82, 2.24) is 4.90 Å². The highest BCUT2D eigenvalue weighted by Crippen LogP contribution is 2.45. The number of piperidine rings is 1. The monoisotopic (exact) mass is 397 g/mol. The van der Waals surface area contributed by atoms with E-state index in [-0.39, 0.29) is 18.1 Å². The smallest absolute Gasteiger partial charge is 0.260 e. The molecule has 0 aliphatic carbocycles. The Bertz CT molecular complexity index is 859. The molecule has 0 atom stereocenters. The van der Waals surface area contributed by atoms with E-state index in [0.29, 0.717) is 31.2 Å². The summed E-state index contributed by atoms with van der Waals surface area (Å²) >= 11 is 0. The van der Waals surface area contributed by atoms with Gasteiger partial charge in [0, 0.05) is 13.1 Å². The molecule has 1 spiro atoms. The second kappa shape index (κ2) is 8.33. The van der Waals surface area contributed by atoms with Crippen LogP contribution in [0.15, 0.2) is 42.5 Å². The maximum Gasteiger partial charge on any atom is 0.260 e. The molecule has 4 rings (SSSR count). The number of methoxy groups -OCH3 is 2. The van der Waals surface area contributed by atoms with E-state index < -0.39 is 0 Å². The van der Waals surface area contributed by atoms with Crippen LogP contribution in [-0.2, 0) is 21.6 Å². The first-order chi connectivity index (χ1) is 14.1. The van der Waals surface area contributed by atoms with Crippen molar-refractivity contribution in [2.45, 2.75) is 24.9 Å². The van der Waals surface area contributed by atoms with Crippen LogP contribution in [-0.4, -0.2) is 51.3 Å². The van der Waals surface area contributed by atoms with Crippen molar-refractivity contribution in [3.8, 4) is 17.2 Å². The molecule has 29 heavy (non-hydrogen) atoms. The molecule has 1 fully saturated rings. The zero-order chi connectivity index (χ0) is 20.3. The van der Waals surface area contributed by atoms with E-state index in [4.69, 9.17) is 18.9 Å². The molecule has 6 heteroatoms. The second-order valence-corrected chi connectivity index (χ2v) is 7.44. The lowest BCUT2D eigenvalue weighted by atomic mass is 9.79. The number of benzene rings is 2. The number of carbonyl (C=O) groups is 1. The molecule has 2 aliphatic rings. The van der Waals surface area contributed by atoms with E-state index in [0.717, 1.165) is 30.6 Å².